The predicted molar refractivity (Wildman–Crippen MR) is 35.1 cm³/mol. The van der Waals surface area contributed by atoms with Crippen LogP contribution in [0.5, 0.6) is 0 Å². The summed E-state index contributed by atoms with van der Waals surface area (Å²) in [6.45, 7) is 4.23. The average Bonchev–Trinajstić information content (AvgIpc) is 1.94. The van der Waals surface area contributed by atoms with E-state index in [1.165, 1.54) is 6.42 Å². The molecule has 1 atom stereocenters. The summed E-state index contributed by atoms with van der Waals surface area (Å²) in [5.41, 5.74) is 0. The molecule has 1 N–H and O–H groups in total. The van der Waals surface area contributed by atoms with Crippen molar-refractivity contribution >= 4 is 7.07 Å². The summed E-state index contributed by atoms with van der Waals surface area (Å²) in [5.74, 6) is 0.484. The summed E-state index contributed by atoms with van der Waals surface area (Å²) in [6.07, 6.45) is 1.18. The molecule has 1 aliphatic rings. The fourth-order valence-corrected chi connectivity index (χ4v) is 0.785. The SMILES string of the molecule is CC1B=NCCCN1. The molecule has 0 saturated heterocycles. The zero-order chi connectivity index (χ0) is 5.82. The molecule has 0 fully saturated rings. The standard InChI is InChI=1S/C5H11BN2/c1-5-6-8-4-2-3-7-5/h5,7H,2-4H2,1H3. The molecular formula is C5H11BN2. The third-order valence-electron chi connectivity index (χ3n) is 1.26. The number of nitrogens with zero attached hydrogens (tertiary/aromatic N) is 1. The Bertz CT molecular complexity index is 92.4. The zero-order valence-electron chi connectivity index (χ0n) is 5.22. The molecule has 0 bridgehead atoms. The maximum absolute atomic E-state index is 4.16. The molecule has 0 radical (unpaired) electrons. The molecule has 0 saturated carbocycles. The van der Waals surface area contributed by atoms with E-state index in [2.05, 4.69) is 17.1 Å². The summed E-state index contributed by atoms with van der Waals surface area (Å²) >= 11 is 0. The van der Waals surface area contributed by atoms with Crippen molar-refractivity contribution in [2.24, 2.45) is 4.90 Å². The van der Waals surface area contributed by atoms with Crippen molar-refractivity contribution < 1.29 is 0 Å². The van der Waals surface area contributed by atoms with Gasteiger partial charge in [0.15, 0.2) is 0 Å². The molecule has 1 aliphatic heterocycles. The molecule has 0 aromatic heterocycles. The number of rotatable bonds is 0. The fourth-order valence-electron chi connectivity index (χ4n) is 0.785. The van der Waals surface area contributed by atoms with E-state index in [0.29, 0.717) is 5.94 Å². The van der Waals surface area contributed by atoms with E-state index in [1.807, 2.05) is 7.07 Å². The van der Waals surface area contributed by atoms with Gasteiger partial charge in [0.25, 0.3) is 0 Å². The van der Waals surface area contributed by atoms with Crippen LogP contribution in [0.4, 0.5) is 0 Å². The van der Waals surface area contributed by atoms with Gasteiger partial charge in [0.2, 0.25) is 0 Å². The van der Waals surface area contributed by atoms with Crippen molar-refractivity contribution in [3.63, 3.8) is 0 Å². The molecule has 44 valence electrons. The molecule has 1 heterocycles. The molecule has 0 aromatic rings. The van der Waals surface area contributed by atoms with Crippen LogP contribution in [-0.2, 0) is 0 Å². The first-order valence-electron chi connectivity index (χ1n) is 3.13. The molecule has 0 aliphatic carbocycles. The van der Waals surface area contributed by atoms with Crippen molar-refractivity contribution in [3.8, 4) is 0 Å². The summed E-state index contributed by atoms with van der Waals surface area (Å²) in [6, 6.07) is 0. The second-order valence-corrected chi connectivity index (χ2v) is 2.15. The van der Waals surface area contributed by atoms with Gasteiger partial charge < -0.3 is 0 Å². The molecule has 3 heteroatoms. The topological polar surface area (TPSA) is 24.4 Å². The van der Waals surface area contributed by atoms with E-state index in [-0.39, 0.29) is 0 Å². The monoisotopic (exact) mass is 110 g/mol. The van der Waals surface area contributed by atoms with E-state index in [4.69, 9.17) is 0 Å². The van der Waals surface area contributed by atoms with Crippen LogP contribution in [0.2, 0.25) is 0 Å². The second-order valence-electron chi connectivity index (χ2n) is 2.15. The van der Waals surface area contributed by atoms with Gasteiger partial charge in [-0.1, -0.05) is 0 Å². The normalized spacial score (nSPS) is 28.9. The van der Waals surface area contributed by atoms with Crippen LogP contribution in [0.3, 0.4) is 0 Å². The average molecular weight is 110 g/mol. The Morgan fingerprint density at radius 1 is 1.75 bits per heavy atom. The van der Waals surface area contributed by atoms with Gasteiger partial charge >= 0.3 is 49.7 Å². The zero-order valence-corrected chi connectivity index (χ0v) is 5.22. The van der Waals surface area contributed by atoms with Crippen LogP contribution in [0.15, 0.2) is 4.90 Å². The Labute approximate surface area is 50.6 Å². The van der Waals surface area contributed by atoms with Crippen molar-refractivity contribution in [1.29, 1.82) is 0 Å². The van der Waals surface area contributed by atoms with Gasteiger partial charge in [0, 0.05) is 0 Å². The summed E-state index contributed by atoms with van der Waals surface area (Å²) in [7, 11) is 1.98. The molecule has 8 heavy (non-hydrogen) atoms. The molecular weight excluding hydrogens is 98.9 g/mol. The third-order valence-corrected chi connectivity index (χ3v) is 1.26. The molecule has 2 nitrogen and oxygen atoms in total. The minimum absolute atomic E-state index is 0.484. The van der Waals surface area contributed by atoms with Gasteiger partial charge in [-0.15, -0.1) is 0 Å². The first-order valence-corrected chi connectivity index (χ1v) is 3.13. The number of nitrogens with one attached hydrogen (secondary N) is 1. The predicted octanol–water partition coefficient (Wildman–Crippen LogP) is 0.213. The second kappa shape index (κ2) is 2.97. The van der Waals surface area contributed by atoms with Crippen LogP contribution in [0.25, 0.3) is 0 Å². The quantitative estimate of drug-likeness (QED) is 0.443. The van der Waals surface area contributed by atoms with Gasteiger partial charge in [-0.3, -0.25) is 0 Å². The van der Waals surface area contributed by atoms with Gasteiger partial charge in [-0.25, -0.2) is 0 Å². The van der Waals surface area contributed by atoms with E-state index in [9.17, 15) is 0 Å². The van der Waals surface area contributed by atoms with Crippen LogP contribution in [0, 0.1) is 0 Å². The van der Waals surface area contributed by atoms with Crippen LogP contribution in [0.1, 0.15) is 13.3 Å². The van der Waals surface area contributed by atoms with Crippen LogP contribution in [-0.4, -0.2) is 26.1 Å². The Balaban J connectivity index is 2.33. The van der Waals surface area contributed by atoms with E-state index in [0.717, 1.165) is 13.1 Å². The van der Waals surface area contributed by atoms with Crippen molar-refractivity contribution in [1.82, 2.24) is 5.32 Å². The molecule has 1 rings (SSSR count). The molecule has 0 amide bonds. The fraction of sp³-hybridized carbons (Fsp3) is 1.00. The van der Waals surface area contributed by atoms with Gasteiger partial charge in [-0.2, -0.15) is 0 Å². The van der Waals surface area contributed by atoms with Crippen LogP contribution < -0.4 is 5.32 Å². The number of hydrogen-bond acceptors (Lipinski definition) is 2. The van der Waals surface area contributed by atoms with E-state index >= 15 is 0 Å². The van der Waals surface area contributed by atoms with E-state index in [1.54, 1.807) is 0 Å². The van der Waals surface area contributed by atoms with Gasteiger partial charge in [-0.05, 0) is 0 Å². The maximum atomic E-state index is 4.16. The van der Waals surface area contributed by atoms with Crippen molar-refractivity contribution in [2.45, 2.75) is 19.3 Å². The minimum atomic E-state index is 0.484. The Kier molecular flexibility index (Phi) is 2.21. The van der Waals surface area contributed by atoms with Gasteiger partial charge in [0.1, 0.15) is 0 Å². The Morgan fingerprint density at radius 2 is 2.62 bits per heavy atom. The first-order chi connectivity index (χ1) is 3.89. The Morgan fingerprint density at radius 3 is 3.50 bits per heavy atom. The summed E-state index contributed by atoms with van der Waals surface area (Å²) < 4.78 is 0. The molecule has 1 unspecified atom stereocenters. The number of hydrogen-bond donors (Lipinski definition) is 1. The first kappa shape index (κ1) is 5.95. The van der Waals surface area contributed by atoms with Crippen LogP contribution >= 0.6 is 0 Å². The summed E-state index contributed by atoms with van der Waals surface area (Å²) in [5, 5.41) is 3.30. The third kappa shape index (κ3) is 1.74. The Hall–Kier alpha value is -0.175. The van der Waals surface area contributed by atoms with Crippen molar-refractivity contribution in [3.05, 3.63) is 0 Å². The van der Waals surface area contributed by atoms with Crippen molar-refractivity contribution in [2.75, 3.05) is 13.1 Å². The van der Waals surface area contributed by atoms with E-state index < -0.39 is 0 Å². The molecule has 0 spiro atoms. The summed E-state index contributed by atoms with van der Waals surface area (Å²) in [4.78, 5) is 4.16. The van der Waals surface area contributed by atoms with Gasteiger partial charge in [0.05, 0.1) is 0 Å². The molecule has 0 aromatic carbocycles.